The van der Waals surface area contributed by atoms with E-state index in [-0.39, 0.29) is 5.91 Å². The Labute approximate surface area is 188 Å². The molecule has 4 rings (SSSR count). The van der Waals surface area contributed by atoms with E-state index >= 15 is 0 Å². The van der Waals surface area contributed by atoms with Gasteiger partial charge in [0, 0.05) is 37.8 Å². The van der Waals surface area contributed by atoms with E-state index in [2.05, 4.69) is 26.1 Å². The zero-order chi connectivity index (χ0) is 22.5. The van der Waals surface area contributed by atoms with Crippen LogP contribution in [0.2, 0.25) is 0 Å². The molecule has 1 aliphatic heterocycles. The molecule has 0 spiro atoms. The monoisotopic (exact) mass is 434 g/mol. The van der Waals surface area contributed by atoms with Gasteiger partial charge in [0.1, 0.15) is 5.82 Å². The summed E-state index contributed by atoms with van der Waals surface area (Å²) >= 11 is 0. The van der Waals surface area contributed by atoms with Crippen LogP contribution in [0.5, 0.6) is 11.5 Å². The predicted molar refractivity (Wildman–Crippen MR) is 125 cm³/mol. The number of anilines is 1. The predicted octanol–water partition coefficient (Wildman–Crippen LogP) is 3.59. The Morgan fingerprint density at radius 1 is 1.00 bits per heavy atom. The number of rotatable bonds is 8. The van der Waals surface area contributed by atoms with Crippen molar-refractivity contribution in [2.24, 2.45) is 0 Å². The molecule has 32 heavy (non-hydrogen) atoms. The molecule has 0 atom stereocenters. The van der Waals surface area contributed by atoms with Crippen LogP contribution in [-0.2, 0) is 19.5 Å². The molecular weight excluding hydrogens is 404 g/mol. The molecule has 1 aliphatic rings. The van der Waals surface area contributed by atoms with Crippen LogP contribution in [0.4, 0.5) is 5.82 Å². The number of methoxy groups -OCH3 is 2. The van der Waals surface area contributed by atoms with Gasteiger partial charge < -0.3 is 19.7 Å². The molecule has 1 amide bonds. The van der Waals surface area contributed by atoms with Crippen LogP contribution in [0.3, 0.4) is 0 Å². The summed E-state index contributed by atoms with van der Waals surface area (Å²) < 4.78 is 12.7. The van der Waals surface area contributed by atoms with Gasteiger partial charge in [0.15, 0.2) is 11.5 Å². The number of aromatic nitrogens is 2. The maximum absolute atomic E-state index is 12.5. The largest absolute Gasteiger partial charge is 0.493 e. The molecule has 0 unspecified atom stereocenters. The second kappa shape index (κ2) is 9.77. The Morgan fingerprint density at radius 2 is 1.75 bits per heavy atom. The second-order valence-corrected chi connectivity index (χ2v) is 8.03. The number of nitrogens with zero attached hydrogens (tertiary/aromatic N) is 3. The lowest BCUT2D eigenvalue weighted by Crippen LogP contribution is -2.31. The minimum atomic E-state index is -0.0660. The number of aryl methyl sites for hydroxylation is 2. The van der Waals surface area contributed by atoms with E-state index in [0.29, 0.717) is 30.0 Å². The zero-order valence-electron chi connectivity index (χ0n) is 18.9. The number of carbonyl (C=O) groups is 1. The Bertz CT molecular complexity index is 1080. The third kappa shape index (κ3) is 4.88. The Morgan fingerprint density at radius 3 is 2.50 bits per heavy atom. The van der Waals surface area contributed by atoms with Crippen molar-refractivity contribution in [3.63, 3.8) is 0 Å². The third-order valence-corrected chi connectivity index (χ3v) is 5.74. The fourth-order valence-electron chi connectivity index (χ4n) is 4.08. The molecule has 0 bridgehead atoms. The summed E-state index contributed by atoms with van der Waals surface area (Å²) in [4.78, 5) is 14.9. The van der Waals surface area contributed by atoms with Crippen LogP contribution in [-0.4, -0.2) is 43.0 Å². The molecule has 2 heterocycles. The van der Waals surface area contributed by atoms with Gasteiger partial charge in [-0.25, -0.2) is 4.68 Å². The van der Waals surface area contributed by atoms with E-state index in [1.54, 1.807) is 14.2 Å². The van der Waals surface area contributed by atoms with Gasteiger partial charge in [-0.1, -0.05) is 18.2 Å². The van der Waals surface area contributed by atoms with Gasteiger partial charge in [0.2, 0.25) is 0 Å². The first-order valence-electron chi connectivity index (χ1n) is 10.9. The number of carbonyl (C=O) groups excluding carboxylic acids is 1. The highest BCUT2D eigenvalue weighted by atomic mass is 16.5. The molecule has 2 aromatic carbocycles. The molecule has 0 radical (unpaired) electrons. The number of fused-ring (bicyclic) bond motifs is 1. The summed E-state index contributed by atoms with van der Waals surface area (Å²) in [5.41, 5.74) is 3.97. The number of nitrogens with one attached hydrogen (secondary N) is 1. The second-order valence-electron chi connectivity index (χ2n) is 8.03. The van der Waals surface area contributed by atoms with Crippen LogP contribution in [0.1, 0.15) is 33.6 Å². The van der Waals surface area contributed by atoms with Gasteiger partial charge in [-0.3, -0.25) is 4.79 Å². The average molecular weight is 435 g/mol. The van der Waals surface area contributed by atoms with Crippen molar-refractivity contribution in [2.45, 2.75) is 32.9 Å². The Kier molecular flexibility index (Phi) is 6.63. The van der Waals surface area contributed by atoms with Crippen LogP contribution in [0.25, 0.3) is 0 Å². The quantitative estimate of drug-likeness (QED) is 0.587. The van der Waals surface area contributed by atoms with E-state index in [4.69, 9.17) is 9.47 Å². The van der Waals surface area contributed by atoms with E-state index in [1.165, 1.54) is 11.4 Å². The van der Waals surface area contributed by atoms with Crippen LogP contribution >= 0.6 is 0 Å². The van der Waals surface area contributed by atoms with Crippen LogP contribution in [0, 0.1) is 6.92 Å². The number of amides is 1. The van der Waals surface area contributed by atoms with Gasteiger partial charge in [-0.15, -0.1) is 0 Å². The highest BCUT2D eigenvalue weighted by molar-refractivity contribution is 5.94. The average Bonchev–Trinajstić information content (AvgIpc) is 3.20. The Hall–Kier alpha value is -3.48. The van der Waals surface area contributed by atoms with Crippen molar-refractivity contribution in [2.75, 3.05) is 32.2 Å². The van der Waals surface area contributed by atoms with Crippen molar-refractivity contribution in [1.29, 1.82) is 0 Å². The molecule has 168 valence electrons. The maximum atomic E-state index is 12.5. The molecule has 1 N–H and O–H groups in total. The summed E-state index contributed by atoms with van der Waals surface area (Å²) in [6, 6.07) is 15.8. The molecule has 0 fully saturated rings. The van der Waals surface area contributed by atoms with Crippen molar-refractivity contribution in [3.05, 3.63) is 70.9 Å². The summed E-state index contributed by atoms with van der Waals surface area (Å²) in [6.45, 7) is 5.38. The number of hydrogen-bond acceptors (Lipinski definition) is 5. The van der Waals surface area contributed by atoms with Crippen molar-refractivity contribution in [1.82, 2.24) is 15.1 Å². The molecule has 0 aliphatic carbocycles. The van der Waals surface area contributed by atoms with Crippen molar-refractivity contribution >= 4 is 11.7 Å². The minimum Gasteiger partial charge on any atom is -0.493 e. The summed E-state index contributed by atoms with van der Waals surface area (Å²) in [7, 11) is 3.24. The molecular formula is C25H30N4O3. The van der Waals surface area contributed by atoms with Crippen LogP contribution in [0.15, 0.2) is 48.5 Å². The topological polar surface area (TPSA) is 68.6 Å². The normalized spacial score (nSPS) is 12.9. The van der Waals surface area contributed by atoms with Gasteiger partial charge in [-0.2, -0.15) is 5.10 Å². The van der Waals surface area contributed by atoms with Crippen molar-refractivity contribution in [3.8, 4) is 11.5 Å². The molecule has 0 saturated carbocycles. The lowest BCUT2D eigenvalue weighted by Gasteiger charge is -2.29. The maximum Gasteiger partial charge on any atom is 0.251 e. The number of benzene rings is 2. The standard InChI is InChI=1S/C25H30N4O3/c1-18-15-24-28(13-4-14-29(24)27-18)17-20-5-8-21(9-6-20)25(30)26-12-11-19-7-10-22(31-2)23(16-19)32-3/h5-10,15-16H,4,11-14,17H2,1-3H3,(H,26,30). The summed E-state index contributed by atoms with van der Waals surface area (Å²) in [6.07, 6.45) is 1.81. The molecule has 0 saturated heterocycles. The number of ether oxygens (including phenoxy) is 2. The zero-order valence-corrected chi connectivity index (χ0v) is 18.9. The third-order valence-electron chi connectivity index (χ3n) is 5.74. The van der Waals surface area contributed by atoms with E-state index in [0.717, 1.165) is 37.3 Å². The lowest BCUT2D eigenvalue weighted by molar-refractivity contribution is 0.0954. The molecule has 1 aromatic heterocycles. The Balaban J connectivity index is 1.31. The van der Waals surface area contributed by atoms with Gasteiger partial charge in [0.05, 0.1) is 19.9 Å². The summed E-state index contributed by atoms with van der Waals surface area (Å²) in [5, 5.41) is 7.55. The van der Waals surface area contributed by atoms with E-state index in [1.807, 2.05) is 49.4 Å². The fraction of sp³-hybridized carbons (Fsp3) is 0.360. The SMILES string of the molecule is COc1ccc(CCNC(=O)c2ccc(CN3CCCn4nc(C)cc43)cc2)cc1OC. The molecule has 7 nitrogen and oxygen atoms in total. The minimum absolute atomic E-state index is 0.0660. The fourth-order valence-corrected chi connectivity index (χ4v) is 4.08. The first-order chi connectivity index (χ1) is 15.6. The highest BCUT2D eigenvalue weighted by Gasteiger charge is 2.18. The van der Waals surface area contributed by atoms with E-state index < -0.39 is 0 Å². The van der Waals surface area contributed by atoms with Crippen LogP contribution < -0.4 is 19.7 Å². The first kappa shape index (κ1) is 21.7. The van der Waals surface area contributed by atoms with E-state index in [9.17, 15) is 4.79 Å². The summed E-state index contributed by atoms with van der Waals surface area (Å²) in [5.74, 6) is 2.50. The molecule has 7 heteroatoms. The van der Waals surface area contributed by atoms with Gasteiger partial charge in [0.25, 0.3) is 5.91 Å². The number of hydrogen-bond donors (Lipinski definition) is 1. The first-order valence-corrected chi connectivity index (χ1v) is 10.9. The highest BCUT2D eigenvalue weighted by Crippen LogP contribution is 2.27. The van der Waals surface area contributed by atoms with Gasteiger partial charge in [-0.05, 0) is 55.2 Å². The smallest absolute Gasteiger partial charge is 0.251 e. The molecule has 3 aromatic rings. The van der Waals surface area contributed by atoms with Crippen molar-refractivity contribution < 1.29 is 14.3 Å². The van der Waals surface area contributed by atoms with Gasteiger partial charge >= 0.3 is 0 Å². The lowest BCUT2D eigenvalue weighted by atomic mass is 10.1.